The third-order valence-corrected chi connectivity index (χ3v) is 5.37. The van der Waals surface area contributed by atoms with E-state index in [0.717, 1.165) is 50.2 Å². The summed E-state index contributed by atoms with van der Waals surface area (Å²) in [5.74, 6) is 2.83. The van der Waals surface area contributed by atoms with Crippen molar-refractivity contribution >= 4 is 5.96 Å². The average molecular weight is 345 g/mol. The molecule has 1 saturated heterocycles. The fourth-order valence-corrected chi connectivity index (χ4v) is 3.69. The van der Waals surface area contributed by atoms with Crippen molar-refractivity contribution in [2.45, 2.75) is 32.1 Å². The molecule has 2 aliphatic heterocycles. The van der Waals surface area contributed by atoms with Gasteiger partial charge in [0.15, 0.2) is 5.96 Å². The number of rotatable bonds is 6. The standard InChI is InChI=1S/C20H32N4O/c1-21-20(22-10-5-16-7-12-24(2)13-8-16)23-11-6-17-3-4-19-18(15-17)9-14-25-19/h3-4,15-16H,5-14H2,1-2H3,(H2,21,22,23). The highest BCUT2D eigenvalue weighted by Gasteiger charge is 2.16. The Balaban J connectivity index is 1.34. The van der Waals surface area contributed by atoms with Gasteiger partial charge in [0.1, 0.15) is 5.75 Å². The van der Waals surface area contributed by atoms with E-state index in [1.807, 2.05) is 7.05 Å². The van der Waals surface area contributed by atoms with Crippen molar-refractivity contribution in [3.05, 3.63) is 29.3 Å². The number of ether oxygens (including phenoxy) is 1. The van der Waals surface area contributed by atoms with Gasteiger partial charge in [-0.1, -0.05) is 12.1 Å². The maximum absolute atomic E-state index is 5.57. The predicted molar refractivity (Wildman–Crippen MR) is 104 cm³/mol. The Morgan fingerprint density at radius 2 is 2.04 bits per heavy atom. The number of piperidine rings is 1. The molecular formula is C20H32N4O. The van der Waals surface area contributed by atoms with Gasteiger partial charge in [-0.15, -0.1) is 0 Å². The van der Waals surface area contributed by atoms with Crippen LogP contribution in [-0.2, 0) is 12.8 Å². The van der Waals surface area contributed by atoms with Crippen molar-refractivity contribution in [2.24, 2.45) is 10.9 Å². The normalized spacial score (nSPS) is 18.7. The monoisotopic (exact) mass is 344 g/mol. The Morgan fingerprint density at radius 1 is 1.24 bits per heavy atom. The molecule has 1 aromatic carbocycles. The summed E-state index contributed by atoms with van der Waals surface area (Å²) in [6.07, 6.45) is 5.93. The Morgan fingerprint density at radius 3 is 2.84 bits per heavy atom. The van der Waals surface area contributed by atoms with E-state index < -0.39 is 0 Å². The molecular weight excluding hydrogens is 312 g/mol. The van der Waals surface area contributed by atoms with Gasteiger partial charge in [-0.2, -0.15) is 0 Å². The van der Waals surface area contributed by atoms with Gasteiger partial charge in [0.2, 0.25) is 0 Å². The predicted octanol–water partition coefficient (Wildman–Crippen LogP) is 2.06. The van der Waals surface area contributed by atoms with Crippen LogP contribution in [0.25, 0.3) is 0 Å². The summed E-state index contributed by atoms with van der Waals surface area (Å²) in [7, 11) is 4.06. The largest absolute Gasteiger partial charge is 0.493 e. The summed E-state index contributed by atoms with van der Waals surface area (Å²) < 4.78 is 5.57. The summed E-state index contributed by atoms with van der Waals surface area (Å²) in [5, 5.41) is 6.89. The lowest BCUT2D eigenvalue weighted by Gasteiger charge is -2.29. The minimum Gasteiger partial charge on any atom is -0.493 e. The Labute approximate surface area is 151 Å². The molecule has 0 unspecified atom stereocenters. The fourth-order valence-electron chi connectivity index (χ4n) is 3.69. The quantitative estimate of drug-likeness (QED) is 0.613. The maximum Gasteiger partial charge on any atom is 0.190 e. The Kier molecular flexibility index (Phi) is 6.56. The second kappa shape index (κ2) is 9.09. The van der Waals surface area contributed by atoms with Crippen LogP contribution in [0.3, 0.4) is 0 Å². The highest BCUT2D eigenvalue weighted by Crippen LogP contribution is 2.25. The van der Waals surface area contributed by atoms with E-state index in [1.165, 1.54) is 43.5 Å². The van der Waals surface area contributed by atoms with Gasteiger partial charge in [-0.25, -0.2) is 0 Å². The van der Waals surface area contributed by atoms with Gasteiger partial charge >= 0.3 is 0 Å². The average Bonchev–Trinajstić information content (AvgIpc) is 3.10. The molecule has 0 radical (unpaired) electrons. The zero-order chi connectivity index (χ0) is 17.5. The van der Waals surface area contributed by atoms with Crippen LogP contribution in [0.15, 0.2) is 23.2 Å². The van der Waals surface area contributed by atoms with Crippen LogP contribution in [0.1, 0.15) is 30.4 Å². The summed E-state index contributed by atoms with van der Waals surface area (Å²) in [6, 6.07) is 6.55. The molecule has 0 bridgehead atoms. The number of aliphatic imine (C=N–C) groups is 1. The molecule has 25 heavy (non-hydrogen) atoms. The molecule has 2 heterocycles. The summed E-state index contributed by atoms with van der Waals surface area (Å²) in [4.78, 5) is 6.76. The van der Waals surface area contributed by atoms with E-state index in [1.54, 1.807) is 0 Å². The molecule has 1 fully saturated rings. The van der Waals surface area contributed by atoms with E-state index in [0.29, 0.717) is 0 Å². The van der Waals surface area contributed by atoms with Gasteiger partial charge in [0.05, 0.1) is 6.61 Å². The first kappa shape index (κ1) is 18.1. The molecule has 0 atom stereocenters. The molecule has 0 saturated carbocycles. The fraction of sp³-hybridized carbons (Fsp3) is 0.650. The number of nitrogens with one attached hydrogen (secondary N) is 2. The van der Waals surface area contributed by atoms with Crippen molar-refractivity contribution in [1.82, 2.24) is 15.5 Å². The van der Waals surface area contributed by atoms with E-state index in [-0.39, 0.29) is 0 Å². The molecule has 1 aromatic rings. The Bertz CT molecular complexity index is 579. The number of hydrogen-bond acceptors (Lipinski definition) is 3. The van der Waals surface area contributed by atoms with Gasteiger partial charge < -0.3 is 20.3 Å². The molecule has 138 valence electrons. The van der Waals surface area contributed by atoms with Crippen LogP contribution in [0.4, 0.5) is 0 Å². The van der Waals surface area contributed by atoms with E-state index in [4.69, 9.17) is 4.74 Å². The molecule has 0 aliphatic carbocycles. The van der Waals surface area contributed by atoms with Crippen molar-refractivity contribution in [1.29, 1.82) is 0 Å². The number of likely N-dealkylation sites (tertiary alicyclic amines) is 1. The molecule has 3 rings (SSSR count). The second-order valence-corrected chi connectivity index (χ2v) is 7.25. The smallest absolute Gasteiger partial charge is 0.190 e. The van der Waals surface area contributed by atoms with Crippen LogP contribution >= 0.6 is 0 Å². The molecule has 5 nitrogen and oxygen atoms in total. The lowest BCUT2D eigenvalue weighted by molar-refractivity contribution is 0.213. The molecule has 2 N–H and O–H groups in total. The first-order chi connectivity index (χ1) is 12.2. The lowest BCUT2D eigenvalue weighted by Crippen LogP contribution is -2.39. The van der Waals surface area contributed by atoms with E-state index in [9.17, 15) is 0 Å². The molecule has 5 heteroatoms. The first-order valence-corrected chi connectivity index (χ1v) is 9.62. The second-order valence-electron chi connectivity index (χ2n) is 7.25. The zero-order valence-electron chi connectivity index (χ0n) is 15.7. The maximum atomic E-state index is 5.57. The lowest BCUT2D eigenvalue weighted by atomic mass is 9.94. The zero-order valence-corrected chi connectivity index (χ0v) is 15.7. The van der Waals surface area contributed by atoms with Crippen LogP contribution in [0, 0.1) is 5.92 Å². The van der Waals surface area contributed by atoms with Crippen LogP contribution < -0.4 is 15.4 Å². The minimum atomic E-state index is 0.824. The number of guanidine groups is 1. The summed E-state index contributed by atoms with van der Waals surface area (Å²) >= 11 is 0. The van der Waals surface area contributed by atoms with Crippen molar-refractivity contribution in [3.63, 3.8) is 0 Å². The highest BCUT2D eigenvalue weighted by atomic mass is 16.5. The van der Waals surface area contributed by atoms with Gasteiger partial charge in [0.25, 0.3) is 0 Å². The Hall–Kier alpha value is -1.75. The SMILES string of the molecule is CN=C(NCCc1ccc2c(c1)CCO2)NCCC1CCN(C)CC1. The molecule has 0 amide bonds. The van der Waals surface area contributed by atoms with Crippen LogP contribution in [0.5, 0.6) is 5.75 Å². The third kappa shape index (κ3) is 5.36. The van der Waals surface area contributed by atoms with Crippen molar-refractivity contribution in [2.75, 3.05) is 46.9 Å². The number of fused-ring (bicyclic) bond motifs is 1. The van der Waals surface area contributed by atoms with Crippen LogP contribution in [-0.4, -0.2) is 57.7 Å². The molecule has 2 aliphatic rings. The van der Waals surface area contributed by atoms with Crippen LogP contribution in [0.2, 0.25) is 0 Å². The van der Waals surface area contributed by atoms with Gasteiger partial charge in [0, 0.05) is 26.6 Å². The third-order valence-electron chi connectivity index (χ3n) is 5.37. The van der Waals surface area contributed by atoms with Crippen molar-refractivity contribution < 1.29 is 4.74 Å². The minimum absolute atomic E-state index is 0.824. The van der Waals surface area contributed by atoms with Gasteiger partial charge in [-0.05, 0) is 68.9 Å². The topological polar surface area (TPSA) is 48.9 Å². The van der Waals surface area contributed by atoms with Crippen molar-refractivity contribution in [3.8, 4) is 5.75 Å². The summed E-state index contributed by atoms with van der Waals surface area (Å²) in [6.45, 7) is 5.20. The summed E-state index contributed by atoms with van der Waals surface area (Å²) in [5.41, 5.74) is 2.71. The first-order valence-electron chi connectivity index (χ1n) is 9.62. The van der Waals surface area contributed by atoms with E-state index in [2.05, 4.69) is 45.8 Å². The number of hydrogen-bond donors (Lipinski definition) is 2. The highest BCUT2D eigenvalue weighted by molar-refractivity contribution is 5.79. The number of nitrogens with zero attached hydrogens (tertiary/aromatic N) is 2. The van der Waals surface area contributed by atoms with E-state index >= 15 is 0 Å². The van der Waals surface area contributed by atoms with Gasteiger partial charge in [-0.3, -0.25) is 4.99 Å². The number of benzene rings is 1. The molecule has 0 spiro atoms. The molecule has 0 aromatic heterocycles.